The van der Waals surface area contributed by atoms with Gasteiger partial charge in [0.1, 0.15) is 0 Å². The fourth-order valence-corrected chi connectivity index (χ4v) is 3.54. The summed E-state index contributed by atoms with van der Waals surface area (Å²) < 4.78 is 2.04. The SMILES string of the molecule is O=C1NC(=Nc2ccc(Cl)cc2)S/C1=C\c1cccn1-c1ccccc1. The minimum atomic E-state index is -0.150. The van der Waals surface area contributed by atoms with E-state index in [0.29, 0.717) is 15.1 Å². The highest BCUT2D eigenvalue weighted by atomic mass is 35.5. The number of rotatable bonds is 3. The summed E-state index contributed by atoms with van der Waals surface area (Å²) in [7, 11) is 0. The molecule has 0 radical (unpaired) electrons. The molecule has 4 nitrogen and oxygen atoms in total. The average Bonchev–Trinajstić information content (AvgIpc) is 3.25. The normalized spacial score (nSPS) is 17.0. The van der Waals surface area contributed by atoms with Crippen molar-refractivity contribution < 1.29 is 4.79 Å². The van der Waals surface area contributed by atoms with Gasteiger partial charge in [0.25, 0.3) is 5.91 Å². The predicted molar refractivity (Wildman–Crippen MR) is 108 cm³/mol. The summed E-state index contributed by atoms with van der Waals surface area (Å²) in [6.45, 7) is 0. The van der Waals surface area contributed by atoms with E-state index in [1.807, 2.05) is 71.4 Å². The lowest BCUT2D eigenvalue weighted by atomic mass is 10.3. The third-order valence-electron chi connectivity index (χ3n) is 3.80. The van der Waals surface area contributed by atoms with Crippen molar-refractivity contribution in [1.82, 2.24) is 9.88 Å². The molecule has 4 rings (SSSR count). The summed E-state index contributed by atoms with van der Waals surface area (Å²) >= 11 is 7.21. The summed E-state index contributed by atoms with van der Waals surface area (Å²) in [6, 6.07) is 21.1. The first kappa shape index (κ1) is 16.7. The first-order valence-electron chi connectivity index (χ1n) is 7.97. The van der Waals surface area contributed by atoms with Crippen LogP contribution in [0.3, 0.4) is 0 Å². The number of aromatic nitrogens is 1. The van der Waals surface area contributed by atoms with Crippen LogP contribution in [-0.4, -0.2) is 15.6 Å². The standard InChI is InChI=1S/C20H14ClN3OS/c21-14-8-10-15(11-9-14)22-20-23-19(25)18(26-20)13-17-7-4-12-24(17)16-5-2-1-3-6-16/h1-13H,(H,22,23,25)/b18-13-. The highest BCUT2D eigenvalue weighted by Crippen LogP contribution is 2.29. The number of para-hydroxylation sites is 1. The average molecular weight is 380 g/mol. The van der Waals surface area contributed by atoms with E-state index in [1.165, 1.54) is 11.8 Å². The van der Waals surface area contributed by atoms with Crippen LogP contribution in [-0.2, 0) is 4.79 Å². The van der Waals surface area contributed by atoms with E-state index in [2.05, 4.69) is 10.3 Å². The monoisotopic (exact) mass is 379 g/mol. The number of nitrogens with one attached hydrogen (secondary N) is 1. The lowest BCUT2D eigenvalue weighted by Gasteiger charge is -2.06. The fraction of sp³-hybridized carbons (Fsp3) is 0. The lowest BCUT2D eigenvalue weighted by Crippen LogP contribution is -2.19. The number of thioether (sulfide) groups is 1. The van der Waals surface area contributed by atoms with E-state index in [-0.39, 0.29) is 5.91 Å². The number of hydrogen-bond donors (Lipinski definition) is 1. The van der Waals surface area contributed by atoms with Gasteiger partial charge in [-0.05, 0) is 66.4 Å². The molecular weight excluding hydrogens is 366 g/mol. The van der Waals surface area contributed by atoms with Crippen molar-refractivity contribution in [2.75, 3.05) is 0 Å². The van der Waals surface area contributed by atoms with Gasteiger partial charge in [-0.1, -0.05) is 29.8 Å². The Balaban J connectivity index is 1.60. The van der Waals surface area contributed by atoms with Gasteiger partial charge in [-0.3, -0.25) is 4.79 Å². The Morgan fingerprint density at radius 3 is 2.54 bits per heavy atom. The zero-order valence-electron chi connectivity index (χ0n) is 13.6. The number of hydrogen-bond acceptors (Lipinski definition) is 3. The van der Waals surface area contributed by atoms with E-state index in [1.54, 1.807) is 12.1 Å². The Hall–Kier alpha value is -2.76. The van der Waals surface area contributed by atoms with Gasteiger partial charge in [0.05, 0.1) is 10.6 Å². The summed E-state index contributed by atoms with van der Waals surface area (Å²) in [5.41, 5.74) is 2.72. The van der Waals surface area contributed by atoms with Crippen molar-refractivity contribution >= 4 is 46.2 Å². The van der Waals surface area contributed by atoms with Gasteiger partial charge >= 0.3 is 0 Å². The van der Waals surface area contributed by atoms with Gasteiger partial charge in [0.15, 0.2) is 5.17 Å². The fourth-order valence-electron chi connectivity index (χ4n) is 2.58. The Morgan fingerprint density at radius 2 is 1.77 bits per heavy atom. The molecule has 128 valence electrons. The van der Waals surface area contributed by atoms with Crippen LogP contribution in [0.1, 0.15) is 5.69 Å². The number of carbonyl (C=O) groups is 1. The van der Waals surface area contributed by atoms with Crippen LogP contribution in [0.25, 0.3) is 11.8 Å². The van der Waals surface area contributed by atoms with Crippen LogP contribution in [0.5, 0.6) is 0 Å². The number of aliphatic imine (C=N–C) groups is 1. The summed E-state index contributed by atoms with van der Waals surface area (Å²) in [5.74, 6) is -0.150. The summed E-state index contributed by atoms with van der Waals surface area (Å²) in [5, 5.41) is 4.01. The first-order valence-corrected chi connectivity index (χ1v) is 9.16. The smallest absolute Gasteiger partial charge is 0.264 e. The number of nitrogens with zero attached hydrogens (tertiary/aromatic N) is 2. The maximum absolute atomic E-state index is 12.3. The van der Waals surface area contributed by atoms with Crippen LogP contribution in [0, 0.1) is 0 Å². The van der Waals surface area contributed by atoms with Crippen LogP contribution in [0.2, 0.25) is 5.02 Å². The molecule has 0 spiro atoms. The van der Waals surface area contributed by atoms with E-state index in [0.717, 1.165) is 17.1 Å². The second-order valence-electron chi connectivity index (χ2n) is 5.60. The molecule has 3 aromatic rings. The molecule has 1 saturated heterocycles. The molecule has 2 heterocycles. The van der Waals surface area contributed by atoms with Crippen molar-refractivity contribution in [2.24, 2.45) is 4.99 Å². The molecule has 0 atom stereocenters. The molecule has 26 heavy (non-hydrogen) atoms. The zero-order chi connectivity index (χ0) is 17.9. The molecule has 1 aliphatic heterocycles. The Labute approximate surface area is 160 Å². The number of amidine groups is 1. The molecule has 1 N–H and O–H groups in total. The molecule has 1 amide bonds. The third-order valence-corrected chi connectivity index (χ3v) is 4.96. The molecule has 6 heteroatoms. The molecule has 2 aromatic carbocycles. The first-order chi connectivity index (χ1) is 12.7. The number of halogens is 1. The molecule has 0 aliphatic carbocycles. The number of benzene rings is 2. The summed E-state index contributed by atoms with van der Waals surface area (Å²) in [4.78, 5) is 17.3. The van der Waals surface area contributed by atoms with Gasteiger partial charge in [-0.25, -0.2) is 4.99 Å². The maximum atomic E-state index is 12.3. The molecule has 1 aliphatic rings. The lowest BCUT2D eigenvalue weighted by molar-refractivity contribution is -0.115. The number of carbonyl (C=O) groups excluding carboxylic acids is 1. The largest absolute Gasteiger partial charge is 0.317 e. The second kappa shape index (κ2) is 7.23. The Bertz CT molecular complexity index is 1010. The third kappa shape index (κ3) is 3.59. The van der Waals surface area contributed by atoms with Crippen LogP contribution < -0.4 is 5.32 Å². The highest BCUT2D eigenvalue weighted by Gasteiger charge is 2.24. The van der Waals surface area contributed by atoms with Crippen LogP contribution >= 0.6 is 23.4 Å². The molecular formula is C20H14ClN3OS. The van der Waals surface area contributed by atoms with Gasteiger partial charge in [0.2, 0.25) is 0 Å². The number of amides is 1. The van der Waals surface area contributed by atoms with Gasteiger partial charge in [-0.2, -0.15) is 0 Å². The Morgan fingerprint density at radius 1 is 1.00 bits per heavy atom. The Kier molecular flexibility index (Phi) is 4.65. The van der Waals surface area contributed by atoms with Gasteiger partial charge in [0, 0.05) is 22.6 Å². The zero-order valence-corrected chi connectivity index (χ0v) is 15.2. The van der Waals surface area contributed by atoms with Crippen LogP contribution in [0.15, 0.2) is 82.8 Å². The minimum Gasteiger partial charge on any atom is -0.317 e. The van der Waals surface area contributed by atoms with Crippen molar-refractivity contribution in [3.05, 3.63) is 88.5 Å². The quantitative estimate of drug-likeness (QED) is 0.649. The van der Waals surface area contributed by atoms with Crippen molar-refractivity contribution in [3.63, 3.8) is 0 Å². The van der Waals surface area contributed by atoms with Crippen LogP contribution in [0.4, 0.5) is 5.69 Å². The maximum Gasteiger partial charge on any atom is 0.264 e. The summed E-state index contributed by atoms with van der Waals surface area (Å²) in [6.07, 6.45) is 3.85. The second-order valence-corrected chi connectivity index (χ2v) is 7.06. The molecule has 0 unspecified atom stereocenters. The van der Waals surface area contributed by atoms with Crippen molar-refractivity contribution in [3.8, 4) is 5.69 Å². The highest BCUT2D eigenvalue weighted by molar-refractivity contribution is 8.18. The van der Waals surface area contributed by atoms with E-state index in [4.69, 9.17) is 11.6 Å². The van der Waals surface area contributed by atoms with Crippen molar-refractivity contribution in [1.29, 1.82) is 0 Å². The van der Waals surface area contributed by atoms with Crippen molar-refractivity contribution in [2.45, 2.75) is 0 Å². The molecule has 1 aromatic heterocycles. The minimum absolute atomic E-state index is 0.150. The molecule has 1 fully saturated rings. The molecule has 0 bridgehead atoms. The topological polar surface area (TPSA) is 46.4 Å². The van der Waals surface area contributed by atoms with E-state index in [9.17, 15) is 4.79 Å². The van der Waals surface area contributed by atoms with E-state index >= 15 is 0 Å². The van der Waals surface area contributed by atoms with Gasteiger partial charge in [-0.15, -0.1) is 0 Å². The molecule has 0 saturated carbocycles. The van der Waals surface area contributed by atoms with Gasteiger partial charge < -0.3 is 9.88 Å². The predicted octanol–water partition coefficient (Wildman–Crippen LogP) is 5.02. The van der Waals surface area contributed by atoms with E-state index < -0.39 is 0 Å².